The van der Waals surface area contributed by atoms with Crippen molar-refractivity contribution in [3.8, 4) is 0 Å². The van der Waals surface area contributed by atoms with Crippen molar-refractivity contribution in [2.45, 2.75) is 53.7 Å². The molecule has 0 spiro atoms. The van der Waals surface area contributed by atoms with Crippen LogP contribution in [0.1, 0.15) is 41.9 Å². The van der Waals surface area contributed by atoms with Gasteiger partial charge in [0.2, 0.25) is 5.91 Å². The Morgan fingerprint density at radius 2 is 1.84 bits per heavy atom. The molecule has 136 valence electrons. The molecule has 2 N–H and O–H groups in total. The number of rotatable bonds is 8. The summed E-state index contributed by atoms with van der Waals surface area (Å²) in [4.78, 5) is 12.3. The number of nitrogens with zero attached hydrogens (tertiary/aromatic N) is 2. The molecular formula is C20H29N3O2. The fourth-order valence-corrected chi connectivity index (χ4v) is 2.89. The van der Waals surface area contributed by atoms with Gasteiger partial charge in [-0.3, -0.25) is 9.48 Å². The Balaban J connectivity index is 1.86. The number of aromatic nitrogens is 2. The molecule has 2 aromatic rings. The molecule has 0 radical (unpaired) electrons. The maximum absolute atomic E-state index is 12.3. The highest BCUT2D eigenvalue weighted by atomic mass is 16.3. The molecule has 0 bridgehead atoms. The minimum absolute atomic E-state index is 0.0299. The van der Waals surface area contributed by atoms with Crippen molar-refractivity contribution in [2.24, 2.45) is 5.92 Å². The molecule has 0 saturated heterocycles. The predicted molar refractivity (Wildman–Crippen MR) is 99.3 cm³/mol. The number of aliphatic hydroxyl groups is 1. The summed E-state index contributed by atoms with van der Waals surface area (Å²) in [5.41, 5.74) is 5.10. The highest BCUT2D eigenvalue weighted by Gasteiger charge is 2.15. The molecule has 0 saturated carbocycles. The van der Waals surface area contributed by atoms with Crippen LogP contribution >= 0.6 is 0 Å². The van der Waals surface area contributed by atoms with Crippen molar-refractivity contribution >= 4 is 5.91 Å². The monoisotopic (exact) mass is 343 g/mol. The van der Waals surface area contributed by atoms with Crippen LogP contribution in [0, 0.1) is 19.8 Å². The summed E-state index contributed by atoms with van der Waals surface area (Å²) in [7, 11) is 0. The zero-order valence-electron chi connectivity index (χ0n) is 15.7. The number of aliphatic hydroxyl groups excluding tert-OH is 1. The van der Waals surface area contributed by atoms with Gasteiger partial charge in [0.05, 0.1) is 18.7 Å². The van der Waals surface area contributed by atoms with Gasteiger partial charge in [0.25, 0.3) is 0 Å². The second-order valence-corrected chi connectivity index (χ2v) is 6.98. The Morgan fingerprint density at radius 1 is 1.20 bits per heavy atom. The summed E-state index contributed by atoms with van der Waals surface area (Å²) in [6, 6.07) is 7.80. The van der Waals surface area contributed by atoms with E-state index in [1.165, 1.54) is 0 Å². The summed E-state index contributed by atoms with van der Waals surface area (Å²) in [5.74, 6) is 0.555. The van der Waals surface area contributed by atoms with Gasteiger partial charge in [-0.2, -0.15) is 5.10 Å². The van der Waals surface area contributed by atoms with Gasteiger partial charge >= 0.3 is 0 Å². The second kappa shape index (κ2) is 8.81. The molecule has 1 aromatic carbocycles. The number of hydrogen-bond donors (Lipinski definition) is 2. The molecule has 0 unspecified atom stereocenters. The van der Waals surface area contributed by atoms with Gasteiger partial charge in [0, 0.05) is 24.3 Å². The topological polar surface area (TPSA) is 67.2 Å². The number of benzene rings is 1. The number of aryl methyl sites for hydroxylation is 1. The smallest absolute Gasteiger partial charge is 0.224 e. The number of carbonyl (C=O) groups excluding carboxylic acids is 1. The SMILES string of the molecule is Cc1nn(CC(C)C)c(C)c1CC(=O)NCCc1ccc(CO)cc1. The second-order valence-electron chi connectivity index (χ2n) is 6.98. The first kappa shape index (κ1) is 19.2. The molecule has 2 rings (SSSR count). The lowest BCUT2D eigenvalue weighted by atomic mass is 10.1. The van der Waals surface area contributed by atoms with Gasteiger partial charge in [0.15, 0.2) is 0 Å². The van der Waals surface area contributed by atoms with Gasteiger partial charge in [-0.15, -0.1) is 0 Å². The molecule has 5 heteroatoms. The van der Waals surface area contributed by atoms with Crippen LogP contribution < -0.4 is 5.32 Å². The zero-order chi connectivity index (χ0) is 18.4. The van der Waals surface area contributed by atoms with Gasteiger partial charge in [0.1, 0.15) is 0 Å². The summed E-state index contributed by atoms with van der Waals surface area (Å²) in [6.07, 6.45) is 1.15. The van der Waals surface area contributed by atoms with Crippen LogP contribution in [0.25, 0.3) is 0 Å². The van der Waals surface area contributed by atoms with E-state index in [1.807, 2.05) is 42.8 Å². The Morgan fingerprint density at radius 3 is 2.44 bits per heavy atom. The maximum Gasteiger partial charge on any atom is 0.224 e. The molecule has 0 aliphatic heterocycles. The highest BCUT2D eigenvalue weighted by Crippen LogP contribution is 2.15. The van der Waals surface area contributed by atoms with Crippen LogP contribution in [0.4, 0.5) is 0 Å². The zero-order valence-corrected chi connectivity index (χ0v) is 15.7. The van der Waals surface area contributed by atoms with Gasteiger partial charge in [-0.05, 0) is 37.3 Å². The molecule has 0 aliphatic carbocycles. The van der Waals surface area contributed by atoms with E-state index < -0.39 is 0 Å². The molecule has 1 amide bonds. The third kappa shape index (κ3) is 5.43. The van der Waals surface area contributed by atoms with Crippen molar-refractivity contribution in [1.82, 2.24) is 15.1 Å². The van der Waals surface area contributed by atoms with Crippen molar-refractivity contribution in [3.05, 3.63) is 52.3 Å². The Bertz CT molecular complexity index is 702. The van der Waals surface area contributed by atoms with Gasteiger partial charge < -0.3 is 10.4 Å². The van der Waals surface area contributed by atoms with Gasteiger partial charge in [-0.25, -0.2) is 0 Å². The standard InChI is InChI=1S/C20H29N3O2/c1-14(2)12-23-16(4)19(15(3)22-23)11-20(25)21-10-9-17-5-7-18(13-24)8-6-17/h5-8,14,24H,9-13H2,1-4H3,(H,21,25). The molecule has 0 aliphatic rings. The molecule has 0 atom stereocenters. The fraction of sp³-hybridized carbons (Fsp3) is 0.500. The lowest BCUT2D eigenvalue weighted by molar-refractivity contribution is -0.120. The van der Waals surface area contributed by atoms with E-state index >= 15 is 0 Å². The van der Waals surface area contributed by atoms with Gasteiger partial charge in [-0.1, -0.05) is 38.1 Å². The largest absolute Gasteiger partial charge is 0.392 e. The van der Waals surface area contributed by atoms with E-state index in [-0.39, 0.29) is 12.5 Å². The van der Waals surface area contributed by atoms with E-state index in [2.05, 4.69) is 24.3 Å². The summed E-state index contributed by atoms with van der Waals surface area (Å²) in [6.45, 7) is 9.86. The van der Waals surface area contributed by atoms with E-state index in [1.54, 1.807) is 0 Å². The van der Waals surface area contributed by atoms with Crippen LogP contribution in [0.5, 0.6) is 0 Å². The van der Waals surface area contributed by atoms with E-state index in [0.29, 0.717) is 18.9 Å². The van der Waals surface area contributed by atoms with Crippen molar-refractivity contribution in [1.29, 1.82) is 0 Å². The van der Waals surface area contributed by atoms with Crippen molar-refractivity contribution in [3.63, 3.8) is 0 Å². The average molecular weight is 343 g/mol. The Hall–Kier alpha value is -2.14. The third-order valence-electron chi connectivity index (χ3n) is 4.35. The first-order valence-corrected chi connectivity index (χ1v) is 8.89. The number of hydrogen-bond acceptors (Lipinski definition) is 3. The normalized spacial score (nSPS) is 11.1. The van der Waals surface area contributed by atoms with Crippen LogP contribution in [0.3, 0.4) is 0 Å². The summed E-state index contributed by atoms with van der Waals surface area (Å²) < 4.78 is 2.01. The van der Waals surface area contributed by atoms with E-state index in [0.717, 1.165) is 41.0 Å². The van der Waals surface area contributed by atoms with Crippen LogP contribution in [-0.2, 0) is 30.8 Å². The highest BCUT2D eigenvalue weighted by molar-refractivity contribution is 5.79. The molecule has 0 fully saturated rings. The third-order valence-corrected chi connectivity index (χ3v) is 4.35. The molecule has 1 heterocycles. The fourth-order valence-electron chi connectivity index (χ4n) is 2.89. The first-order chi connectivity index (χ1) is 11.9. The van der Waals surface area contributed by atoms with Crippen LogP contribution in [-0.4, -0.2) is 27.3 Å². The molecule has 1 aromatic heterocycles. The van der Waals surface area contributed by atoms with Crippen LogP contribution in [0.2, 0.25) is 0 Å². The Kier molecular flexibility index (Phi) is 6.76. The number of amides is 1. The van der Waals surface area contributed by atoms with E-state index in [9.17, 15) is 4.79 Å². The van der Waals surface area contributed by atoms with Crippen LogP contribution in [0.15, 0.2) is 24.3 Å². The predicted octanol–water partition coefficient (Wildman–Crippen LogP) is 2.55. The minimum atomic E-state index is 0.0299. The molecular weight excluding hydrogens is 314 g/mol. The minimum Gasteiger partial charge on any atom is -0.392 e. The maximum atomic E-state index is 12.3. The van der Waals surface area contributed by atoms with E-state index in [4.69, 9.17) is 5.11 Å². The van der Waals surface area contributed by atoms with Crippen molar-refractivity contribution < 1.29 is 9.90 Å². The van der Waals surface area contributed by atoms with Crippen molar-refractivity contribution in [2.75, 3.05) is 6.54 Å². The molecule has 5 nitrogen and oxygen atoms in total. The quantitative estimate of drug-likeness (QED) is 0.774. The lowest BCUT2D eigenvalue weighted by Crippen LogP contribution is -2.27. The molecule has 25 heavy (non-hydrogen) atoms. The summed E-state index contributed by atoms with van der Waals surface area (Å²) >= 11 is 0. The number of carbonyl (C=O) groups is 1. The summed E-state index contributed by atoms with van der Waals surface area (Å²) in [5, 5.41) is 16.6. The Labute approximate surface area is 150 Å². The number of nitrogens with one attached hydrogen (secondary N) is 1. The lowest BCUT2D eigenvalue weighted by Gasteiger charge is -2.09. The first-order valence-electron chi connectivity index (χ1n) is 8.89. The average Bonchev–Trinajstić information content (AvgIpc) is 2.82.